The molecule has 2 aromatic heterocycles. The number of halogens is 6. The molecule has 1 aliphatic heterocycles. The van der Waals surface area contributed by atoms with Gasteiger partial charge in [0.2, 0.25) is 5.88 Å². The predicted octanol–water partition coefficient (Wildman–Crippen LogP) is 7.51. The van der Waals surface area contributed by atoms with Crippen LogP contribution in [0.5, 0.6) is 5.88 Å². The van der Waals surface area contributed by atoms with Gasteiger partial charge in [0.1, 0.15) is 6.10 Å². The van der Waals surface area contributed by atoms with Crippen molar-refractivity contribution in [2.45, 2.75) is 62.9 Å². The first-order valence-corrected chi connectivity index (χ1v) is 13.6. The molecule has 1 amide bonds. The SMILES string of the molecule is COc1ncc(C(C)C)cc1-c1cnc(SC)nc1CN1C(=O)O[C@H](c2cc(C(F)(F)F)cc(C(F)(F)F)c2)[C@@H]1C. The van der Waals surface area contributed by atoms with Crippen LogP contribution in [0.3, 0.4) is 0 Å². The Morgan fingerprint density at radius 3 is 2.17 bits per heavy atom. The van der Waals surface area contributed by atoms with E-state index >= 15 is 0 Å². The number of aromatic nitrogens is 3. The van der Waals surface area contributed by atoms with Crippen LogP contribution in [0.15, 0.2) is 41.8 Å². The minimum atomic E-state index is -5.04. The van der Waals surface area contributed by atoms with Crippen molar-refractivity contribution < 1.29 is 40.6 Å². The number of thioether (sulfide) groups is 1. The largest absolute Gasteiger partial charge is 0.481 e. The van der Waals surface area contributed by atoms with Crippen molar-refractivity contribution in [2.75, 3.05) is 13.4 Å². The number of hydrogen-bond donors (Lipinski definition) is 0. The van der Waals surface area contributed by atoms with Crippen molar-refractivity contribution in [3.05, 3.63) is 64.6 Å². The van der Waals surface area contributed by atoms with E-state index in [-0.39, 0.29) is 24.4 Å². The third kappa shape index (κ3) is 6.36. The number of pyridine rings is 1. The minimum absolute atomic E-state index is 0.0342. The van der Waals surface area contributed by atoms with Gasteiger partial charge in [0.05, 0.1) is 36.5 Å². The number of carbonyl (C=O) groups is 1. The molecule has 4 rings (SSSR count). The van der Waals surface area contributed by atoms with E-state index in [4.69, 9.17) is 9.47 Å². The molecule has 2 atom stereocenters. The van der Waals surface area contributed by atoms with Crippen LogP contribution in [0, 0.1) is 0 Å². The number of hydrogen-bond acceptors (Lipinski definition) is 7. The molecule has 14 heteroatoms. The second-order valence-electron chi connectivity index (χ2n) is 9.71. The summed E-state index contributed by atoms with van der Waals surface area (Å²) in [6.07, 6.45) is -7.38. The highest BCUT2D eigenvalue weighted by Gasteiger charge is 2.43. The number of rotatable bonds is 7. The molecule has 3 aromatic rings. The number of methoxy groups -OCH3 is 1. The molecule has 7 nitrogen and oxygen atoms in total. The van der Waals surface area contributed by atoms with Crippen LogP contribution in [0.4, 0.5) is 31.1 Å². The summed E-state index contributed by atoms with van der Waals surface area (Å²) in [6.45, 7) is 5.30. The lowest BCUT2D eigenvalue weighted by Gasteiger charge is -2.23. The highest BCUT2D eigenvalue weighted by molar-refractivity contribution is 7.98. The standard InChI is InChI=1S/C27H26F6N4O3S/c1-13(2)16-8-19(23(39-4)34-10-16)20-11-35-24(41-5)36-21(20)12-37-14(3)22(40-25(37)38)15-6-17(26(28,29)30)9-18(7-15)27(31,32)33/h6-11,13-14,22H,12H2,1-5H3/t14-,22-/m0/s1. The topological polar surface area (TPSA) is 77.4 Å². The van der Waals surface area contributed by atoms with Gasteiger partial charge >= 0.3 is 18.4 Å². The normalized spacial score (nSPS) is 17.8. The van der Waals surface area contributed by atoms with E-state index in [2.05, 4.69) is 15.0 Å². The molecule has 3 heterocycles. The van der Waals surface area contributed by atoms with E-state index in [9.17, 15) is 31.1 Å². The van der Waals surface area contributed by atoms with Crippen molar-refractivity contribution >= 4 is 17.9 Å². The summed E-state index contributed by atoms with van der Waals surface area (Å²) in [7, 11) is 1.45. The molecule has 0 unspecified atom stereocenters. The zero-order valence-electron chi connectivity index (χ0n) is 22.6. The summed E-state index contributed by atoms with van der Waals surface area (Å²) < 4.78 is 91.6. The van der Waals surface area contributed by atoms with Gasteiger partial charge in [-0.1, -0.05) is 25.6 Å². The smallest absolute Gasteiger partial charge is 0.416 e. The van der Waals surface area contributed by atoms with Gasteiger partial charge in [-0.15, -0.1) is 0 Å². The van der Waals surface area contributed by atoms with Gasteiger partial charge in [-0.3, -0.25) is 4.90 Å². The van der Waals surface area contributed by atoms with Crippen LogP contribution < -0.4 is 4.74 Å². The second-order valence-corrected chi connectivity index (χ2v) is 10.5. The molecule has 0 N–H and O–H groups in total. The first kappa shape index (κ1) is 30.4. The average molecular weight is 601 g/mol. The maximum Gasteiger partial charge on any atom is 0.416 e. The summed E-state index contributed by atoms with van der Waals surface area (Å²) in [5.74, 6) is 0.417. The Hall–Kier alpha value is -3.55. The summed E-state index contributed by atoms with van der Waals surface area (Å²) in [4.78, 5) is 27.5. The Kier molecular flexibility index (Phi) is 8.44. The molecular formula is C27H26F6N4O3S. The van der Waals surface area contributed by atoms with Crippen molar-refractivity contribution in [1.29, 1.82) is 0 Å². The Bertz CT molecular complexity index is 1420. The number of carbonyl (C=O) groups excluding carboxylic acids is 1. The maximum absolute atomic E-state index is 13.5. The van der Waals surface area contributed by atoms with Gasteiger partial charge in [-0.25, -0.2) is 19.7 Å². The maximum atomic E-state index is 13.5. The van der Waals surface area contributed by atoms with Crippen molar-refractivity contribution in [1.82, 2.24) is 19.9 Å². The van der Waals surface area contributed by atoms with E-state index in [1.165, 1.54) is 30.7 Å². The molecular weight excluding hydrogens is 574 g/mol. The number of benzene rings is 1. The van der Waals surface area contributed by atoms with E-state index in [0.29, 0.717) is 34.1 Å². The molecule has 1 aromatic carbocycles. The molecule has 1 aliphatic rings. The lowest BCUT2D eigenvalue weighted by atomic mass is 9.97. The molecule has 220 valence electrons. The van der Waals surface area contributed by atoms with E-state index in [1.807, 2.05) is 19.9 Å². The first-order valence-electron chi connectivity index (χ1n) is 12.3. The average Bonchev–Trinajstić information content (AvgIpc) is 3.19. The number of cyclic esters (lactones) is 1. The molecule has 41 heavy (non-hydrogen) atoms. The highest BCUT2D eigenvalue weighted by atomic mass is 32.2. The second kappa shape index (κ2) is 11.4. The Morgan fingerprint density at radius 2 is 1.63 bits per heavy atom. The Labute approximate surface area is 236 Å². The predicted molar refractivity (Wildman–Crippen MR) is 138 cm³/mol. The van der Waals surface area contributed by atoms with Gasteiger partial charge in [0, 0.05) is 23.5 Å². The Morgan fingerprint density at radius 1 is 1.00 bits per heavy atom. The van der Waals surface area contributed by atoms with Crippen LogP contribution in [-0.4, -0.2) is 45.4 Å². The van der Waals surface area contributed by atoms with Crippen LogP contribution in [-0.2, 0) is 23.6 Å². The zero-order chi connectivity index (χ0) is 30.3. The molecule has 0 aliphatic carbocycles. The summed E-state index contributed by atoms with van der Waals surface area (Å²) in [5.41, 5.74) is -1.07. The molecule has 0 spiro atoms. The molecule has 1 saturated heterocycles. The van der Waals surface area contributed by atoms with Gasteiger partial charge in [0.25, 0.3) is 0 Å². The lowest BCUT2D eigenvalue weighted by Crippen LogP contribution is -2.32. The fourth-order valence-corrected chi connectivity index (χ4v) is 4.81. The fourth-order valence-electron chi connectivity index (χ4n) is 4.45. The van der Waals surface area contributed by atoms with Crippen molar-refractivity contribution in [3.63, 3.8) is 0 Å². The first-order chi connectivity index (χ1) is 19.1. The quantitative estimate of drug-likeness (QED) is 0.158. The third-order valence-electron chi connectivity index (χ3n) is 6.70. The third-order valence-corrected chi connectivity index (χ3v) is 7.26. The molecule has 1 fully saturated rings. The molecule has 0 radical (unpaired) electrons. The van der Waals surface area contributed by atoms with E-state index in [1.54, 1.807) is 18.6 Å². The van der Waals surface area contributed by atoms with Gasteiger partial charge in [-0.2, -0.15) is 26.3 Å². The lowest BCUT2D eigenvalue weighted by molar-refractivity contribution is -0.143. The number of nitrogens with zero attached hydrogens (tertiary/aromatic N) is 4. The monoisotopic (exact) mass is 600 g/mol. The summed E-state index contributed by atoms with van der Waals surface area (Å²) in [5, 5.41) is 0.389. The minimum Gasteiger partial charge on any atom is -0.481 e. The van der Waals surface area contributed by atoms with Crippen LogP contribution in [0.1, 0.15) is 60.7 Å². The van der Waals surface area contributed by atoms with Gasteiger partial charge < -0.3 is 9.47 Å². The van der Waals surface area contributed by atoms with Crippen LogP contribution >= 0.6 is 11.8 Å². The molecule has 0 saturated carbocycles. The van der Waals surface area contributed by atoms with Crippen molar-refractivity contribution in [3.8, 4) is 17.0 Å². The van der Waals surface area contributed by atoms with Gasteiger partial charge in [0.15, 0.2) is 5.16 Å². The fraction of sp³-hybridized carbons (Fsp3) is 0.407. The van der Waals surface area contributed by atoms with Gasteiger partial charge in [-0.05, 0) is 54.5 Å². The summed E-state index contributed by atoms with van der Waals surface area (Å²) >= 11 is 1.25. The Balaban J connectivity index is 1.75. The number of amides is 1. The van der Waals surface area contributed by atoms with Crippen molar-refractivity contribution in [2.24, 2.45) is 0 Å². The summed E-state index contributed by atoms with van der Waals surface area (Å²) in [6, 6.07) is 2.11. The zero-order valence-corrected chi connectivity index (χ0v) is 23.4. The van der Waals surface area contributed by atoms with Crippen LogP contribution in [0.2, 0.25) is 0 Å². The van der Waals surface area contributed by atoms with E-state index < -0.39 is 47.3 Å². The van der Waals surface area contributed by atoms with Crippen LogP contribution in [0.25, 0.3) is 11.1 Å². The number of alkyl halides is 6. The molecule has 0 bridgehead atoms. The number of ether oxygens (including phenoxy) is 2. The highest BCUT2D eigenvalue weighted by Crippen LogP contribution is 2.42. The van der Waals surface area contributed by atoms with E-state index in [0.717, 1.165) is 5.56 Å².